The predicted molar refractivity (Wildman–Crippen MR) is 144 cm³/mol. The van der Waals surface area contributed by atoms with Gasteiger partial charge in [-0.25, -0.2) is 8.42 Å². The van der Waals surface area contributed by atoms with E-state index in [0.717, 1.165) is 23.4 Å². The third-order valence-corrected chi connectivity index (χ3v) is 7.45. The summed E-state index contributed by atoms with van der Waals surface area (Å²) in [5.41, 5.74) is 0.881. The lowest BCUT2D eigenvalue weighted by atomic mass is 10.1. The number of amides is 2. The fraction of sp³-hybridized carbons (Fsp3) is 0.440. The molecule has 0 unspecified atom stereocenters. The molecule has 11 heteroatoms. The number of rotatable bonds is 13. The molecular formula is C25H33Cl2N3O5S. The monoisotopic (exact) mass is 557 g/mol. The van der Waals surface area contributed by atoms with Crippen molar-refractivity contribution in [3.05, 3.63) is 58.1 Å². The fourth-order valence-electron chi connectivity index (χ4n) is 3.69. The van der Waals surface area contributed by atoms with E-state index in [1.165, 1.54) is 12.0 Å². The summed E-state index contributed by atoms with van der Waals surface area (Å²) in [6, 6.07) is 10.7. The van der Waals surface area contributed by atoms with Crippen molar-refractivity contribution in [2.45, 2.75) is 45.7 Å². The minimum atomic E-state index is -3.87. The second-order valence-electron chi connectivity index (χ2n) is 8.28. The number of para-hydroxylation sites is 2. The predicted octanol–water partition coefficient (Wildman–Crippen LogP) is 4.49. The summed E-state index contributed by atoms with van der Waals surface area (Å²) < 4.78 is 31.8. The van der Waals surface area contributed by atoms with Crippen LogP contribution in [0.2, 0.25) is 10.0 Å². The van der Waals surface area contributed by atoms with E-state index in [9.17, 15) is 18.0 Å². The van der Waals surface area contributed by atoms with E-state index in [2.05, 4.69) is 5.32 Å². The lowest BCUT2D eigenvalue weighted by Crippen LogP contribution is -2.52. The van der Waals surface area contributed by atoms with Crippen molar-refractivity contribution in [2.75, 3.05) is 30.8 Å². The molecule has 0 aliphatic rings. The van der Waals surface area contributed by atoms with Crippen molar-refractivity contribution in [1.29, 1.82) is 0 Å². The molecule has 36 heavy (non-hydrogen) atoms. The zero-order valence-corrected chi connectivity index (χ0v) is 23.3. The van der Waals surface area contributed by atoms with Gasteiger partial charge in [0, 0.05) is 13.1 Å². The van der Waals surface area contributed by atoms with Crippen LogP contribution in [0.4, 0.5) is 5.69 Å². The van der Waals surface area contributed by atoms with E-state index < -0.39 is 28.5 Å². The zero-order chi connectivity index (χ0) is 26.9. The summed E-state index contributed by atoms with van der Waals surface area (Å²) in [7, 11) is -2.45. The van der Waals surface area contributed by atoms with E-state index in [1.807, 2.05) is 6.92 Å². The standard InChI is InChI=1S/C25H33Cl2N3O5S/c1-5-7-14-28-25(32)21(6-2)29(16-18-12-13-19(26)20(27)15-18)24(31)17-30(36(4,33)34)22-10-8-9-11-23(22)35-3/h8-13,15,21H,5-7,14,16-17H2,1-4H3,(H,28,32)/t21-/m0/s1. The van der Waals surface area contributed by atoms with Crippen molar-refractivity contribution in [1.82, 2.24) is 10.2 Å². The average Bonchev–Trinajstić information content (AvgIpc) is 2.83. The highest BCUT2D eigenvalue weighted by Crippen LogP contribution is 2.30. The first-order valence-corrected chi connectivity index (χ1v) is 14.3. The van der Waals surface area contributed by atoms with Crippen LogP contribution in [0.15, 0.2) is 42.5 Å². The van der Waals surface area contributed by atoms with Gasteiger partial charge >= 0.3 is 0 Å². The third kappa shape index (κ3) is 8.01. The lowest BCUT2D eigenvalue weighted by molar-refractivity contribution is -0.140. The van der Waals surface area contributed by atoms with Crippen molar-refractivity contribution < 1.29 is 22.7 Å². The second kappa shape index (κ2) is 13.7. The maximum Gasteiger partial charge on any atom is 0.244 e. The number of benzene rings is 2. The van der Waals surface area contributed by atoms with Gasteiger partial charge in [-0.3, -0.25) is 13.9 Å². The highest BCUT2D eigenvalue weighted by molar-refractivity contribution is 7.92. The Labute approximate surface area is 223 Å². The van der Waals surface area contributed by atoms with Crippen LogP contribution in [0.25, 0.3) is 0 Å². The topological polar surface area (TPSA) is 96.0 Å². The SMILES string of the molecule is CCCCNC(=O)[C@H](CC)N(Cc1ccc(Cl)c(Cl)c1)C(=O)CN(c1ccccc1OC)S(C)(=O)=O. The van der Waals surface area contributed by atoms with Gasteiger partial charge in [-0.2, -0.15) is 0 Å². The summed E-state index contributed by atoms with van der Waals surface area (Å²) in [6.45, 7) is 3.82. The molecule has 0 heterocycles. The minimum Gasteiger partial charge on any atom is -0.495 e. The van der Waals surface area contributed by atoms with Crippen molar-refractivity contribution in [2.24, 2.45) is 0 Å². The summed E-state index contributed by atoms with van der Waals surface area (Å²) in [5, 5.41) is 3.55. The normalized spacial score (nSPS) is 12.1. The Morgan fingerprint density at radius 1 is 1.08 bits per heavy atom. The maximum atomic E-state index is 13.7. The minimum absolute atomic E-state index is 0.0406. The first kappa shape index (κ1) is 29.7. The number of carbonyl (C=O) groups excluding carboxylic acids is 2. The summed E-state index contributed by atoms with van der Waals surface area (Å²) in [4.78, 5) is 28.1. The molecule has 2 aromatic rings. The number of hydrogen-bond donors (Lipinski definition) is 1. The van der Waals surface area contributed by atoms with Gasteiger partial charge in [0.2, 0.25) is 21.8 Å². The van der Waals surface area contributed by atoms with Crippen LogP contribution in [-0.2, 0) is 26.2 Å². The molecule has 1 N–H and O–H groups in total. The molecule has 0 fully saturated rings. The smallest absolute Gasteiger partial charge is 0.244 e. The van der Waals surface area contributed by atoms with E-state index in [1.54, 1.807) is 49.4 Å². The Morgan fingerprint density at radius 2 is 1.78 bits per heavy atom. The molecule has 8 nitrogen and oxygen atoms in total. The highest BCUT2D eigenvalue weighted by Gasteiger charge is 2.32. The largest absolute Gasteiger partial charge is 0.495 e. The van der Waals surface area contributed by atoms with E-state index in [0.29, 0.717) is 34.3 Å². The molecule has 0 aromatic heterocycles. The lowest BCUT2D eigenvalue weighted by Gasteiger charge is -2.33. The van der Waals surface area contributed by atoms with Gasteiger partial charge in [-0.05, 0) is 42.7 Å². The number of methoxy groups -OCH3 is 1. The number of anilines is 1. The van der Waals surface area contributed by atoms with Gasteiger partial charge in [0.05, 0.1) is 29.1 Å². The van der Waals surface area contributed by atoms with Gasteiger partial charge < -0.3 is 15.0 Å². The zero-order valence-electron chi connectivity index (χ0n) is 21.0. The van der Waals surface area contributed by atoms with E-state index in [4.69, 9.17) is 27.9 Å². The molecular weight excluding hydrogens is 525 g/mol. The molecule has 1 atom stereocenters. The molecule has 0 saturated carbocycles. The van der Waals surface area contributed by atoms with Gasteiger partial charge in [0.15, 0.2) is 0 Å². The number of carbonyl (C=O) groups is 2. The summed E-state index contributed by atoms with van der Waals surface area (Å²) >= 11 is 12.2. The molecule has 0 bridgehead atoms. The Bertz CT molecular complexity index is 1160. The molecule has 198 valence electrons. The number of halogens is 2. The van der Waals surface area contributed by atoms with E-state index >= 15 is 0 Å². The molecule has 0 spiro atoms. The number of unbranched alkanes of at least 4 members (excludes halogenated alkanes) is 1. The van der Waals surface area contributed by atoms with Crippen molar-refractivity contribution >= 4 is 50.7 Å². The highest BCUT2D eigenvalue weighted by atomic mass is 35.5. The van der Waals surface area contributed by atoms with Crippen molar-refractivity contribution in [3.63, 3.8) is 0 Å². The Kier molecular flexibility index (Phi) is 11.3. The first-order valence-electron chi connectivity index (χ1n) is 11.6. The molecule has 0 aliphatic carbocycles. The molecule has 2 rings (SSSR count). The van der Waals surface area contributed by atoms with Crippen LogP contribution in [0, 0.1) is 0 Å². The molecule has 0 saturated heterocycles. The van der Waals surface area contributed by atoms with Crippen LogP contribution in [0.3, 0.4) is 0 Å². The Balaban J connectivity index is 2.46. The van der Waals surface area contributed by atoms with Gasteiger partial charge in [0.1, 0.15) is 18.3 Å². The molecule has 2 aromatic carbocycles. The summed E-state index contributed by atoms with van der Waals surface area (Å²) in [5.74, 6) is -0.548. The van der Waals surface area contributed by atoms with Gasteiger partial charge in [-0.15, -0.1) is 0 Å². The van der Waals surface area contributed by atoms with Crippen LogP contribution < -0.4 is 14.4 Å². The molecule has 2 amide bonds. The quantitative estimate of drug-likeness (QED) is 0.366. The van der Waals surface area contributed by atoms with Gasteiger partial charge in [0.25, 0.3) is 0 Å². The molecule has 0 radical (unpaired) electrons. The van der Waals surface area contributed by atoms with Crippen LogP contribution in [0.5, 0.6) is 5.75 Å². The Hall–Kier alpha value is -2.49. The number of sulfonamides is 1. The van der Waals surface area contributed by atoms with E-state index in [-0.39, 0.29) is 18.1 Å². The number of nitrogens with one attached hydrogen (secondary N) is 1. The van der Waals surface area contributed by atoms with Crippen LogP contribution in [0.1, 0.15) is 38.7 Å². The van der Waals surface area contributed by atoms with Crippen LogP contribution in [-0.4, -0.2) is 57.6 Å². The van der Waals surface area contributed by atoms with Crippen LogP contribution >= 0.6 is 23.2 Å². The van der Waals surface area contributed by atoms with Gasteiger partial charge in [-0.1, -0.05) is 61.7 Å². The van der Waals surface area contributed by atoms with Crippen molar-refractivity contribution in [3.8, 4) is 5.75 Å². The Morgan fingerprint density at radius 3 is 2.36 bits per heavy atom. The second-order valence-corrected chi connectivity index (χ2v) is 11.0. The number of ether oxygens (including phenoxy) is 1. The maximum absolute atomic E-state index is 13.7. The first-order chi connectivity index (χ1) is 17.0. The number of nitrogens with zero attached hydrogens (tertiary/aromatic N) is 2. The fourth-order valence-corrected chi connectivity index (χ4v) is 4.86. The molecule has 0 aliphatic heterocycles. The summed E-state index contributed by atoms with van der Waals surface area (Å²) in [6.07, 6.45) is 3.06. The third-order valence-electron chi connectivity index (χ3n) is 5.59. The number of hydrogen-bond acceptors (Lipinski definition) is 5. The average molecular weight is 559 g/mol.